The lowest BCUT2D eigenvalue weighted by Gasteiger charge is -2.05. The van der Waals surface area contributed by atoms with Crippen molar-refractivity contribution in [2.75, 3.05) is 6.54 Å². The predicted molar refractivity (Wildman–Crippen MR) is 46.4 cm³/mol. The maximum atomic E-state index is 5.44. The number of rotatable bonds is 3. The van der Waals surface area contributed by atoms with Gasteiger partial charge < -0.3 is 5.73 Å². The van der Waals surface area contributed by atoms with Gasteiger partial charge in [0, 0.05) is 4.88 Å². The Bertz CT molecular complexity index is 169. The molecule has 2 heteroatoms. The molecule has 1 nitrogen and oxygen atoms in total. The Morgan fingerprint density at radius 3 is 3.00 bits per heavy atom. The minimum Gasteiger partial charge on any atom is -0.330 e. The van der Waals surface area contributed by atoms with Crippen LogP contribution in [0.1, 0.15) is 24.1 Å². The van der Waals surface area contributed by atoms with E-state index in [0.717, 1.165) is 13.0 Å². The van der Waals surface area contributed by atoms with Crippen molar-refractivity contribution in [3.8, 4) is 0 Å². The lowest BCUT2D eigenvalue weighted by molar-refractivity contribution is 0.701. The van der Waals surface area contributed by atoms with Crippen LogP contribution >= 0.6 is 11.3 Å². The Morgan fingerprint density at radius 1 is 1.70 bits per heavy atom. The highest BCUT2D eigenvalue weighted by atomic mass is 32.1. The molecule has 56 valence electrons. The lowest BCUT2D eigenvalue weighted by atomic mass is 10.1. The van der Waals surface area contributed by atoms with Crippen molar-refractivity contribution in [1.29, 1.82) is 0 Å². The summed E-state index contributed by atoms with van der Waals surface area (Å²) in [5, 5.41) is 2.11. The van der Waals surface area contributed by atoms with Crippen LogP contribution in [0.5, 0.6) is 0 Å². The average molecular weight is 155 g/mol. The summed E-state index contributed by atoms with van der Waals surface area (Å²) in [4.78, 5) is 1.45. The highest BCUT2D eigenvalue weighted by Gasteiger charge is 2.03. The predicted octanol–water partition coefficient (Wildman–Crippen LogP) is 2.20. The molecule has 1 aromatic heterocycles. The minimum absolute atomic E-state index is 0.644. The van der Waals surface area contributed by atoms with Gasteiger partial charge in [0.15, 0.2) is 0 Å². The number of nitrogens with two attached hydrogens (primary N) is 1. The fourth-order valence-corrected chi connectivity index (χ4v) is 1.79. The largest absolute Gasteiger partial charge is 0.330 e. The van der Waals surface area contributed by atoms with Crippen molar-refractivity contribution >= 4 is 11.3 Å². The first-order chi connectivity index (χ1) is 4.84. The summed E-state index contributed by atoms with van der Waals surface area (Å²) in [7, 11) is 0. The standard InChI is InChI=1S/C8H13NS/c1-7(4-5-9)8-3-2-6-10-8/h2-3,6-7H,4-5,9H2,1H3. The highest BCUT2D eigenvalue weighted by molar-refractivity contribution is 7.10. The molecule has 0 saturated carbocycles. The Hall–Kier alpha value is -0.340. The molecular weight excluding hydrogens is 142 g/mol. The Kier molecular flexibility index (Phi) is 2.90. The molecule has 0 spiro atoms. The van der Waals surface area contributed by atoms with Crippen LogP contribution in [0.3, 0.4) is 0 Å². The van der Waals surface area contributed by atoms with Gasteiger partial charge in [-0.3, -0.25) is 0 Å². The molecule has 0 aromatic carbocycles. The summed E-state index contributed by atoms with van der Waals surface area (Å²) < 4.78 is 0. The monoisotopic (exact) mass is 155 g/mol. The van der Waals surface area contributed by atoms with Crippen LogP contribution < -0.4 is 5.73 Å². The second kappa shape index (κ2) is 3.74. The molecule has 0 aliphatic rings. The highest BCUT2D eigenvalue weighted by Crippen LogP contribution is 2.22. The molecule has 2 N–H and O–H groups in total. The third-order valence-corrected chi connectivity index (χ3v) is 2.73. The van der Waals surface area contributed by atoms with Gasteiger partial charge in [0.05, 0.1) is 0 Å². The summed E-state index contributed by atoms with van der Waals surface area (Å²) in [5.41, 5.74) is 5.44. The minimum atomic E-state index is 0.644. The van der Waals surface area contributed by atoms with Crippen molar-refractivity contribution < 1.29 is 0 Å². The molecule has 0 fully saturated rings. The molecular formula is C8H13NS. The van der Waals surface area contributed by atoms with Gasteiger partial charge in [0.25, 0.3) is 0 Å². The normalized spacial score (nSPS) is 13.4. The Balaban J connectivity index is 2.50. The summed E-state index contributed by atoms with van der Waals surface area (Å²) >= 11 is 1.82. The molecule has 1 heterocycles. The van der Waals surface area contributed by atoms with Crippen LogP contribution in [0.25, 0.3) is 0 Å². The van der Waals surface area contributed by atoms with Crippen LogP contribution in [0.2, 0.25) is 0 Å². The van der Waals surface area contributed by atoms with Gasteiger partial charge in [-0.15, -0.1) is 11.3 Å². The first-order valence-electron chi connectivity index (χ1n) is 3.58. The second-order valence-electron chi connectivity index (χ2n) is 2.49. The topological polar surface area (TPSA) is 26.0 Å². The van der Waals surface area contributed by atoms with E-state index in [9.17, 15) is 0 Å². The lowest BCUT2D eigenvalue weighted by Crippen LogP contribution is -2.02. The van der Waals surface area contributed by atoms with E-state index in [1.165, 1.54) is 4.88 Å². The van der Waals surface area contributed by atoms with Crippen LogP contribution in [-0.4, -0.2) is 6.54 Å². The van der Waals surface area contributed by atoms with Gasteiger partial charge in [0.2, 0.25) is 0 Å². The first kappa shape index (κ1) is 7.76. The van der Waals surface area contributed by atoms with E-state index in [0.29, 0.717) is 5.92 Å². The molecule has 0 saturated heterocycles. The second-order valence-corrected chi connectivity index (χ2v) is 3.47. The van der Waals surface area contributed by atoms with Gasteiger partial charge in [-0.2, -0.15) is 0 Å². The average Bonchev–Trinajstić information content (AvgIpc) is 2.38. The molecule has 1 rings (SSSR count). The van der Waals surface area contributed by atoms with Gasteiger partial charge in [-0.05, 0) is 30.3 Å². The summed E-state index contributed by atoms with van der Waals surface area (Å²) in [6.07, 6.45) is 1.10. The molecule has 0 radical (unpaired) electrons. The van der Waals surface area contributed by atoms with Crippen molar-refractivity contribution in [3.05, 3.63) is 22.4 Å². The third kappa shape index (κ3) is 1.82. The molecule has 0 amide bonds. The van der Waals surface area contributed by atoms with E-state index in [1.54, 1.807) is 0 Å². The van der Waals surface area contributed by atoms with Gasteiger partial charge >= 0.3 is 0 Å². The molecule has 10 heavy (non-hydrogen) atoms. The van der Waals surface area contributed by atoms with Crippen molar-refractivity contribution in [1.82, 2.24) is 0 Å². The third-order valence-electron chi connectivity index (χ3n) is 1.63. The first-order valence-corrected chi connectivity index (χ1v) is 4.46. The molecule has 0 bridgehead atoms. The van der Waals surface area contributed by atoms with E-state index < -0.39 is 0 Å². The van der Waals surface area contributed by atoms with Crippen LogP contribution in [-0.2, 0) is 0 Å². The fraction of sp³-hybridized carbons (Fsp3) is 0.500. The molecule has 1 aromatic rings. The Labute approximate surface area is 65.9 Å². The maximum absolute atomic E-state index is 5.44. The Morgan fingerprint density at radius 2 is 2.50 bits per heavy atom. The maximum Gasteiger partial charge on any atom is 0.00739 e. The zero-order chi connectivity index (χ0) is 7.40. The van der Waals surface area contributed by atoms with Crippen molar-refractivity contribution in [2.24, 2.45) is 5.73 Å². The number of hydrogen-bond acceptors (Lipinski definition) is 2. The SMILES string of the molecule is CC(CCN)c1cccs1. The van der Waals surface area contributed by atoms with Gasteiger partial charge in [0.1, 0.15) is 0 Å². The number of hydrogen-bond donors (Lipinski definition) is 1. The van der Waals surface area contributed by atoms with E-state index in [-0.39, 0.29) is 0 Å². The fourth-order valence-electron chi connectivity index (χ4n) is 0.964. The number of thiophene rings is 1. The van der Waals surface area contributed by atoms with E-state index >= 15 is 0 Å². The molecule has 0 aliphatic carbocycles. The van der Waals surface area contributed by atoms with E-state index in [2.05, 4.69) is 24.4 Å². The summed E-state index contributed by atoms with van der Waals surface area (Å²) in [6, 6.07) is 4.26. The van der Waals surface area contributed by atoms with Crippen molar-refractivity contribution in [3.63, 3.8) is 0 Å². The zero-order valence-corrected chi connectivity index (χ0v) is 7.03. The summed E-state index contributed by atoms with van der Waals surface area (Å²) in [6.45, 7) is 3.01. The van der Waals surface area contributed by atoms with Crippen molar-refractivity contribution in [2.45, 2.75) is 19.3 Å². The van der Waals surface area contributed by atoms with Crippen LogP contribution in [0, 0.1) is 0 Å². The van der Waals surface area contributed by atoms with Crippen LogP contribution in [0.4, 0.5) is 0 Å². The van der Waals surface area contributed by atoms with Crippen LogP contribution in [0.15, 0.2) is 17.5 Å². The van der Waals surface area contributed by atoms with Gasteiger partial charge in [-0.1, -0.05) is 13.0 Å². The molecule has 0 aliphatic heterocycles. The zero-order valence-electron chi connectivity index (χ0n) is 6.21. The summed E-state index contributed by atoms with van der Waals surface area (Å²) in [5.74, 6) is 0.644. The smallest absolute Gasteiger partial charge is 0.00739 e. The van der Waals surface area contributed by atoms with E-state index in [4.69, 9.17) is 5.73 Å². The molecule has 1 unspecified atom stereocenters. The van der Waals surface area contributed by atoms with E-state index in [1.807, 2.05) is 11.3 Å². The molecule has 1 atom stereocenters. The van der Waals surface area contributed by atoms with Gasteiger partial charge in [-0.25, -0.2) is 0 Å². The quantitative estimate of drug-likeness (QED) is 0.711.